The van der Waals surface area contributed by atoms with Crippen LogP contribution in [0.3, 0.4) is 0 Å². The summed E-state index contributed by atoms with van der Waals surface area (Å²) in [5, 5.41) is 23.6. The first-order chi connectivity index (χ1) is 14.6. The Kier molecular flexibility index (Phi) is 6.17. The monoisotopic (exact) mass is 413 g/mol. The van der Waals surface area contributed by atoms with Crippen molar-refractivity contribution in [2.24, 2.45) is 0 Å². The maximum atomic E-state index is 12.7. The van der Waals surface area contributed by atoms with E-state index < -0.39 is 18.2 Å². The topological polar surface area (TPSA) is 104 Å². The largest absolute Gasteiger partial charge is 0.497 e. The molecule has 1 aliphatic carbocycles. The number of rotatable bonds is 5. The van der Waals surface area contributed by atoms with Crippen LogP contribution in [0.2, 0.25) is 0 Å². The highest BCUT2D eigenvalue weighted by Crippen LogP contribution is 2.35. The predicted molar refractivity (Wildman–Crippen MR) is 111 cm³/mol. The number of morpholine rings is 1. The zero-order chi connectivity index (χ0) is 21.1. The summed E-state index contributed by atoms with van der Waals surface area (Å²) in [5.74, 6) is 0.995. The van der Waals surface area contributed by atoms with Crippen LogP contribution in [0.4, 0.5) is 5.82 Å². The highest BCUT2D eigenvalue weighted by Gasteiger charge is 2.43. The average Bonchev–Trinajstić information content (AvgIpc) is 3.08. The van der Waals surface area contributed by atoms with Gasteiger partial charge in [-0.2, -0.15) is 0 Å². The van der Waals surface area contributed by atoms with Crippen molar-refractivity contribution in [3.8, 4) is 5.75 Å². The summed E-state index contributed by atoms with van der Waals surface area (Å²) in [6.07, 6.45) is 0.172. The summed E-state index contributed by atoms with van der Waals surface area (Å²) >= 11 is 0. The van der Waals surface area contributed by atoms with E-state index in [4.69, 9.17) is 9.47 Å². The van der Waals surface area contributed by atoms with Crippen LogP contribution in [0.1, 0.15) is 28.3 Å². The van der Waals surface area contributed by atoms with Crippen LogP contribution in [0.25, 0.3) is 0 Å². The van der Waals surface area contributed by atoms with E-state index in [2.05, 4.69) is 15.2 Å². The third-order valence-electron chi connectivity index (χ3n) is 5.88. The Balaban J connectivity index is 1.49. The lowest BCUT2D eigenvalue weighted by Crippen LogP contribution is -2.45. The molecule has 0 radical (unpaired) electrons. The summed E-state index contributed by atoms with van der Waals surface area (Å²) in [4.78, 5) is 19.4. The highest BCUT2D eigenvalue weighted by atomic mass is 16.5. The number of aromatic nitrogens is 1. The molecule has 1 saturated carbocycles. The molecule has 8 heteroatoms. The van der Waals surface area contributed by atoms with Crippen LogP contribution in [0.5, 0.6) is 5.75 Å². The molecule has 1 aromatic heterocycles. The van der Waals surface area contributed by atoms with Gasteiger partial charge >= 0.3 is 0 Å². The van der Waals surface area contributed by atoms with E-state index in [9.17, 15) is 15.0 Å². The van der Waals surface area contributed by atoms with Crippen molar-refractivity contribution in [2.75, 3.05) is 38.3 Å². The maximum Gasteiger partial charge on any atom is 0.251 e. The number of carbonyl (C=O) groups is 1. The fraction of sp³-hybridized carbons (Fsp3) is 0.455. The molecule has 8 nitrogen and oxygen atoms in total. The zero-order valence-corrected chi connectivity index (χ0v) is 16.9. The van der Waals surface area contributed by atoms with Gasteiger partial charge < -0.3 is 29.9 Å². The molecule has 1 aliphatic heterocycles. The molecular formula is C22H27N3O5. The van der Waals surface area contributed by atoms with Crippen molar-refractivity contribution in [3.63, 3.8) is 0 Å². The minimum atomic E-state index is -1.05. The van der Waals surface area contributed by atoms with E-state index in [1.807, 2.05) is 12.1 Å². The number of hydrogen-bond acceptors (Lipinski definition) is 7. The van der Waals surface area contributed by atoms with Gasteiger partial charge in [-0.1, -0.05) is 6.07 Å². The molecule has 4 unspecified atom stereocenters. The van der Waals surface area contributed by atoms with Gasteiger partial charge in [-0.25, -0.2) is 4.98 Å². The molecule has 1 saturated heterocycles. The Bertz CT molecular complexity index is 852. The third-order valence-corrected chi connectivity index (χ3v) is 5.88. The molecule has 1 aromatic carbocycles. The molecule has 2 aliphatic rings. The van der Waals surface area contributed by atoms with Gasteiger partial charge in [-0.05, 0) is 42.3 Å². The van der Waals surface area contributed by atoms with E-state index in [1.165, 1.54) is 0 Å². The second kappa shape index (κ2) is 8.99. The molecular weight excluding hydrogens is 386 g/mol. The lowest BCUT2D eigenvalue weighted by Gasteiger charge is -2.28. The minimum Gasteiger partial charge on any atom is -0.497 e. The van der Waals surface area contributed by atoms with Crippen LogP contribution >= 0.6 is 0 Å². The fourth-order valence-electron chi connectivity index (χ4n) is 4.13. The fourth-order valence-corrected chi connectivity index (χ4v) is 4.13. The number of hydrogen-bond donors (Lipinski definition) is 3. The second-order valence-corrected chi connectivity index (χ2v) is 7.68. The van der Waals surface area contributed by atoms with Gasteiger partial charge in [-0.15, -0.1) is 0 Å². The standard InChI is InChI=1S/C22H27N3O5/c1-29-16-5-2-14(3-6-16)22(28)24-20-17(12-18(26)21(20)27)15-4-7-19(23-13-15)25-8-10-30-11-9-25/h2-7,13,17-18,20-21,26-27H,8-12H2,1H3,(H,24,28). The van der Waals surface area contributed by atoms with Crippen molar-refractivity contribution in [1.29, 1.82) is 0 Å². The van der Waals surface area contributed by atoms with Crippen LogP contribution < -0.4 is 15.0 Å². The first kappa shape index (κ1) is 20.6. The minimum absolute atomic E-state index is 0.233. The van der Waals surface area contributed by atoms with Gasteiger partial charge in [0.05, 0.1) is 32.5 Å². The normalized spacial score (nSPS) is 26.4. The van der Waals surface area contributed by atoms with E-state index in [0.29, 0.717) is 30.9 Å². The SMILES string of the molecule is COc1ccc(C(=O)NC2C(c3ccc(N4CCOCC4)nc3)CC(O)C2O)cc1. The summed E-state index contributed by atoms with van der Waals surface area (Å²) in [5.41, 5.74) is 1.34. The van der Waals surface area contributed by atoms with Gasteiger partial charge in [0.2, 0.25) is 0 Å². The van der Waals surface area contributed by atoms with Gasteiger partial charge in [0.25, 0.3) is 5.91 Å². The van der Waals surface area contributed by atoms with Gasteiger partial charge in [0.1, 0.15) is 17.7 Å². The van der Waals surface area contributed by atoms with Gasteiger partial charge in [-0.3, -0.25) is 4.79 Å². The van der Waals surface area contributed by atoms with E-state index in [-0.39, 0.29) is 11.8 Å². The molecule has 0 spiro atoms. The molecule has 3 N–H and O–H groups in total. The molecule has 2 fully saturated rings. The Morgan fingerprint density at radius 2 is 1.90 bits per heavy atom. The first-order valence-corrected chi connectivity index (χ1v) is 10.2. The van der Waals surface area contributed by atoms with Crippen molar-refractivity contribution in [2.45, 2.75) is 30.6 Å². The van der Waals surface area contributed by atoms with Crippen LogP contribution in [0, 0.1) is 0 Å². The number of benzene rings is 1. The third kappa shape index (κ3) is 4.26. The number of ether oxygens (including phenoxy) is 2. The molecule has 0 bridgehead atoms. The summed E-state index contributed by atoms with van der Waals surface area (Å²) in [6.45, 7) is 2.97. The molecule has 4 rings (SSSR count). The number of nitrogens with one attached hydrogen (secondary N) is 1. The van der Waals surface area contributed by atoms with E-state index in [0.717, 1.165) is 24.5 Å². The lowest BCUT2D eigenvalue weighted by atomic mass is 9.94. The van der Waals surface area contributed by atoms with E-state index in [1.54, 1.807) is 37.6 Å². The number of aliphatic hydroxyl groups excluding tert-OH is 2. The van der Waals surface area contributed by atoms with Gasteiger partial charge in [0, 0.05) is 30.8 Å². The zero-order valence-electron chi connectivity index (χ0n) is 16.9. The summed E-state index contributed by atoms with van der Waals surface area (Å²) < 4.78 is 10.5. The number of anilines is 1. The molecule has 30 heavy (non-hydrogen) atoms. The Labute approximate surface area is 175 Å². The molecule has 2 aromatic rings. The number of carbonyl (C=O) groups excluding carboxylic acids is 1. The molecule has 1 amide bonds. The molecule has 2 heterocycles. The number of methoxy groups -OCH3 is 1. The Morgan fingerprint density at radius 3 is 2.53 bits per heavy atom. The molecule has 4 atom stereocenters. The van der Waals surface area contributed by atoms with Crippen molar-refractivity contribution in [1.82, 2.24) is 10.3 Å². The second-order valence-electron chi connectivity index (χ2n) is 7.68. The maximum absolute atomic E-state index is 12.7. The number of pyridine rings is 1. The average molecular weight is 413 g/mol. The summed E-state index contributed by atoms with van der Waals surface area (Å²) in [7, 11) is 1.56. The smallest absolute Gasteiger partial charge is 0.251 e. The molecule has 160 valence electrons. The quantitative estimate of drug-likeness (QED) is 0.670. The number of aliphatic hydroxyl groups is 2. The number of nitrogens with zero attached hydrogens (tertiary/aromatic N) is 2. The van der Waals surface area contributed by atoms with Gasteiger partial charge in [0.15, 0.2) is 0 Å². The van der Waals surface area contributed by atoms with Crippen LogP contribution in [0.15, 0.2) is 42.6 Å². The van der Waals surface area contributed by atoms with Crippen molar-refractivity contribution >= 4 is 11.7 Å². The number of amides is 1. The summed E-state index contributed by atoms with van der Waals surface area (Å²) in [6, 6.07) is 10.0. The van der Waals surface area contributed by atoms with Crippen LogP contribution in [-0.2, 0) is 4.74 Å². The van der Waals surface area contributed by atoms with Crippen molar-refractivity contribution < 1.29 is 24.5 Å². The lowest BCUT2D eigenvalue weighted by molar-refractivity contribution is 0.0294. The Morgan fingerprint density at radius 1 is 1.17 bits per heavy atom. The Hall–Kier alpha value is -2.68. The van der Waals surface area contributed by atoms with Crippen molar-refractivity contribution in [3.05, 3.63) is 53.7 Å². The predicted octanol–water partition coefficient (Wildman–Crippen LogP) is 0.934. The first-order valence-electron chi connectivity index (χ1n) is 10.2. The van der Waals surface area contributed by atoms with E-state index >= 15 is 0 Å². The van der Waals surface area contributed by atoms with Crippen LogP contribution in [-0.4, -0.2) is 72.8 Å². The highest BCUT2D eigenvalue weighted by molar-refractivity contribution is 5.94.